The predicted molar refractivity (Wildman–Crippen MR) is 85.6 cm³/mol. The molecule has 1 fully saturated rings. The summed E-state index contributed by atoms with van der Waals surface area (Å²) in [6, 6.07) is 7.87. The molecule has 1 saturated heterocycles. The van der Waals surface area contributed by atoms with Gasteiger partial charge in [-0.05, 0) is 38.8 Å². The van der Waals surface area contributed by atoms with Crippen LogP contribution < -0.4 is 5.43 Å². The minimum absolute atomic E-state index is 0.319. The lowest BCUT2D eigenvalue weighted by Crippen LogP contribution is -2.47. The van der Waals surface area contributed by atoms with Gasteiger partial charge in [0.15, 0.2) is 0 Å². The maximum atomic E-state index is 12.4. The Bertz CT molecular complexity index is 576. The lowest BCUT2D eigenvalue weighted by Gasteiger charge is -2.39. The van der Waals surface area contributed by atoms with E-state index in [2.05, 4.69) is 24.3 Å². The Hall–Kier alpha value is -1.11. The van der Waals surface area contributed by atoms with E-state index in [0.717, 1.165) is 12.8 Å². The fourth-order valence-corrected chi connectivity index (χ4v) is 3.80. The highest BCUT2D eigenvalue weighted by molar-refractivity contribution is 7.89. The first kappa shape index (κ1) is 16.3. The number of sulfonamides is 1. The Morgan fingerprint density at radius 3 is 2.29 bits per heavy atom. The van der Waals surface area contributed by atoms with Crippen molar-refractivity contribution in [3.8, 4) is 0 Å². The van der Waals surface area contributed by atoms with Crippen LogP contribution in [0.3, 0.4) is 0 Å². The zero-order valence-corrected chi connectivity index (χ0v) is 14.0. The standard InChI is InChI=1S/C15H25N3O2S/c1-12-8-7-9-13(2)18(12)16-14-10-5-6-11-15(14)21(19,20)17(3)4/h5-6,10-13,16H,7-9H2,1-4H3. The quantitative estimate of drug-likeness (QED) is 0.928. The molecular weight excluding hydrogens is 286 g/mol. The van der Waals surface area contributed by atoms with Gasteiger partial charge < -0.3 is 5.43 Å². The van der Waals surface area contributed by atoms with Crippen molar-refractivity contribution in [3.05, 3.63) is 24.3 Å². The molecule has 2 rings (SSSR count). The highest BCUT2D eigenvalue weighted by Crippen LogP contribution is 2.28. The van der Waals surface area contributed by atoms with Gasteiger partial charge in [0.05, 0.1) is 5.69 Å². The van der Waals surface area contributed by atoms with E-state index in [1.165, 1.54) is 10.7 Å². The molecule has 118 valence electrons. The Morgan fingerprint density at radius 2 is 1.71 bits per heavy atom. The van der Waals surface area contributed by atoms with Gasteiger partial charge in [0.1, 0.15) is 4.90 Å². The van der Waals surface area contributed by atoms with Gasteiger partial charge in [-0.3, -0.25) is 0 Å². The predicted octanol–water partition coefficient (Wildman–Crippen LogP) is 2.53. The number of hydrogen-bond donors (Lipinski definition) is 1. The summed E-state index contributed by atoms with van der Waals surface area (Å²) in [6.45, 7) is 4.34. The Kier molecular flexibility index (Phi) is 4.91. The molecule has 0 bridgehead atoms. The lowest BCUT2D eigenvalue weighted by atomic mass is 10.00. The van der Waals surface area contributed by atoms with Crippen LogP contribution in [0, 0.1) is 0 Å². The fraction of sp³-hybridized carbons (Fsp3) is 0.600. The summed E-state index contributed by atoms with van der Waals surface area (Å²) in [7, 11) is -0.341. The molecular formula is C15H25N3O2S. The van der Waals surface area contributed by atoms with Gasteiger partial charge in [-0.15, -0.1) is 0 Å². The average Bonchev–Trinajstić information content (AvgIpc) is 2.43. The SMILES string of the molecule is CC1CCCC(C)N1Nc1ccccc1S(=O)(=O)N(C)C. The zero-order valence-electron chi connectivity index (χ0n) is 13.2. The monoisotopic (exact) mass is 311 g/mol. The van der Waals surface area contributed by atoms with Crippen molar-refractivity contribution in [2.75, 3.05) is 19.5 Å². The average molecular weight is 311 g/mol. The number of para-hydroxylation sites is 1. The van der Waals surface area contributed by atoms with E-state index in [0.29, 0.717) is 22.7 Å². The van der Waals surface area contributed by atoms with Crippen LogP contribution in [0.5, 0.6) is 0 Å². The van der Waals surface area contributed by atoms with E-state index in [9.17, 15) is 8.42 Å². The van der Waals surface area contributed by atoms with Gasteiger partial charge in [0.25, 0.3) is 0 Å². The van der Waals surface area contributed by atoms with Crippen molar-refractivity contribution >= 4 is 15.7 Å². The Balaban J connectivity index is 2.33. The summed E-state index contributed by atoms with van der Waals surface area (Å²) in [5, 5.41) is 2.17. The second kappa shape index (κ2) is 6.34. The molecule has 1 aromatic rings. The van der Waals surface area contributed by atoms with Crippen molar-refractivity contribution in [2.24, 2.45) is 0 Å². The highest BCUT2D eigenvalue weighted by atomic mass is 32.2. The van der Waals surface area contributed by atoms with Crippen LogP contribution in [0.4, 0.5) is 5.69 Å². The van der Waals surface area contributed by atoms with E-state index in [1.807, 2.05) is 12.1 Å². The van der Waals surface area contributed by atoms with Crippen molar-refractivity contribution in [2.45, 2.75) is 50.1 Å². The summed E-state index contributed by atoms with van der Waals surface area (Å²) < 4.78 is 26.1. The van der Waals surface area contributed by atoms with Crippen LogP contribution in [-0.2, 0) is 10.0 Å². The molecule has 2 atom stereocenters. The largest absolute Gasteiger partial charge is 0.317 e. The molecule has 0 aromatic heterocycles. The van der Waals surface area contributed by atoms with E-state index >= 15 is 0 Å². The highest BCUT2D eigenvalue weighted by Gasteiger charge is 2.27. The number of rotatable bonds is 4. The number of nitrogens with zero attached hydrogens (tertiary/aromatic N) is 2. The molecule has 1 aliphatic heterocycles. The normalized spacial score (nSPS) is 24.2. The van der Waals surface area contributed by atoms with Gasteiger partial charge in [-0.25, -0.2) is 17.7 Å². The minimum Gasteiger partial charge on any atom is -0.317 e. The minimum atomic E-state index is -3.45. The number of anilines is 1. The van der Waals surface area contributed by atoms with Crippen molar-refractivity contribution in [3.63, 3.8) is 0 Å². The molecule has 0 spiro atoms. The molecule has 1 aliphatic rings. The molecule has 5 nitrogen and oxygen atoms in total. The van der Waals surface area contributed by atoms with E-state index in [4.69, 9.17) is 0 Å². The van der Waals surface area contributed by atoms with Crippen LogP contribution >= 0.6 is 0 Å². The number of benzene rings is 1. The first-order chi connectivity index (χ1) is 9.84. The molecule has 1 heterocycles. The second-order valence-corrected chi connectivity index (χ2v) is 8.05. The molecule has 0 aliphatic carbocycles. The van der Waals surface area contributed by atoms with E-state index in [-0.39, 0.29) is 0 Å². The molecule has 6 heteroatoms. The maximum Gasteiger partial charge on any atom is 0.244 e. The van der Waals surface area contributed by atoms with Crippen LogP contribution in [0.1, 0.15) is 33.1 Å². The molecule has 0 saturated carbocycles. The number of hydrazine groups is 1. The number of hydrogen-bond acceptors (Lipinski definition) is 4. The van der Waals surface area contributed by atoms with Crippen LogP contribution in [-0.4, -0.2) is 43.9 Å². The summed E-state index contributed by atoms with van der Waals surface area (Å²) in [4.78, 5) is 0.319. The summed E-state index contributed by atoms with van der Waals surface area (Å²) >= 11 is 0. The lowest BCUT2D eigenvalue weighted by molar-refractivity contribution is 0.135. The first-order valence-electron chi connectivity index (χ1n) is 7.40. The van der Waals surface area contributed by atoms with Crippen LogP contribution in [0.2, 0.25) is 0 Å². The van der Waals surface area contributed by atoms with Gasteiger partial charge in [-0.1, -0.05) is 18.6 Å². The molecule has 1 aromatic carbocycles. The Morgan fingerprint density at radius 1 is 1.14 bits per heavy atom. The topological polar surface area (TPSA) is 52.7 Å². The maximum absolute atomic E-state index is 12.4. The first-order valence-corrected chi connectivity index (χ1v) is 8.84. The third-order valence-corrected chi connectivity index (χ3v) is 5.96. The zero-order chi connectivity index (χ0) is 15.6. The second-order valence-electron chi connectivity index (χ2n) is 5.93. The van der Waals surface area contributed by atoms with Crippen molar-refractivity contribution in [1.29, 1.82) is 0 Å². The molecule has 1 N–H and O–H groups in total. The molecule has 0 amide bonds. The van der Waals surface area contributed by atoms with Gasteiger partial charge in [0.2, 0.25) is 10.0 Å². The fourth-order valence-electron chi connectivity index (χ4n) is 2.76. The van der Waals surface area contributed by atoms with Crippen molar-refractivity contribution in [1.82, 2.24) is 9.31 Å². The summed E-state index contributed by atoms with van der Waals surface area (Å²) in [5.74, 6) is 0. The van der Waals surface area contributed by atoms with E-state index in [1.54, 1.807) is 26.2 Å². The number of nitrogens with one attached hydrogen (secondary N) is 1. The third-order valence-electron chi connectivity index (χ3n) is 4.09. The molecule has 2 unspecified atom stereocenters. The summed E-state index contributed by atoms with van der Waals surface area (Å²) in [5.41, 5.74) is 3.98. The van der Waals surface area contributed by atoms with Crippen molar-refractivity contribution < 1.29 is 8.42 Å². The molecule has 21 heavy (non-hydrogen) atoms. The third kappa shape index (κ3) is 3.39. The van der Waals surface area contributed by atoms with Crippen LogP contribution in [0.25, 0.3) is 0 Å². The smallest absolute Gasteiger partial charge is 0.244 e. The van der Waals surface area contributed by atoms with Crippen LogP contribution in [0.15, 0.2) is 29.2 Å². The molecule has 0 radical (unpaired) electrons. The van der Waals surface area contributed by atoms with Gasteiger partial charge in [-0.2, -0.15) is 0 Å². The summed E-state index contributed by atoms with van der Waals surface area (Å²) in [6.07, 6.45) is 3.47. The van der Waals surface area contributed by atoms with E-state index < -0.39 is 10.0 Å². The number of piperidine rings is 1. The van der Waals surface area contributed by atoms with Gasteiger partial charge >= 0.3 is 0 Å². The van der Waals surface area contributed by atoms with Gasteiger partial charge in [0, 0.05) is 26.2 Å². The Labute approximate surface area is 128 Å².